The van der Waals surface area contributed by atoms with Crippen LogP contribution in [0.15, 0.2) is 0 Å². The third kappa shape index (κ3) is 8.55. The van der Waals surface area contributed by atoms with Gasteiger partial charge in [0, 0.05) is 6.54 Å². The summed E-state index contributed by atoms with van der Waals surface area (Å²) in [6.45, 7) is 3.14. The second-order valence-electron chi connectivity index (χ2n) is 3.80. The van der Waals surface area contributed by atoms with E-state index in [-0.39, 0.29) is 11.7 Å². The van der Waals surface area contributed by atoms with Crippen LogP contribution in [-0.4, -0.2) is 60.1 Å². The van der Waals surface area contributed by atoms with E-state index >= 15 is 0 Å². The van der Waals surface area contributed by atoms with Crippen molar-refractivity contribution in [1.82, 2.24) is 10.2 Å². The monoisotopic (exact) mass is 248 g/mol. The van der Waals surface area contributed by atoms with Crippen molar-refractivity contribution >= 4 is 23.6 Å². The second kappa shape index (κ2) is 8.41. The lowest BCUT2D eigenvalue weighted by atomic mass is 10.4. The summed E-state index contributed by atoms with van der Waals surface area (Å²) in [7, 11) is 3.96. The Balaban J connectivity index is 3.48. The summed E-state index contributed by atoms with van der Waals surface area (Å²) in [5.74, 6) is -0.780. The van der Waals surface area contributed by atoms with E-state index in [1.807, 2.05) is 19.0 Å². The van der Waals surface area contributed by atoms with E-state index in [9.17, 15) is 9.59 Å². The Morgan fingerprint density at radius 3 is 2.56 bits per heavy atom. The number of carboxylic acid groups (broad SMARTS) is 1. The van der Waals surface area contributed by atoms with Crippen LogP contribution in [0.2, 0.25) is 0 Å². The van der Waals surface area contributed by atoms with Gasteiger partial charge in [-0.15, -0.1) is 11.8 Å². The van der Waals surface area contributed by atoms with E-state index in [4.69, 9.17) is 5.11 Å². The number of nitrogens with zero attached hydrogens (tertiary/aromatic N) is 1. The van der Waals surface area contributed by atoms with Gasteiger partial charge in [-0.1, -0.05) is 0 Å². The Hall–Kier alpha value is -0.750. The van der Waals surface area contributed by atoms with E-state index in [0.29, 0.717) is 6.54 Å². The largest absolute Gasteiger partial charge is 0.480 e. The molecule has 5 nitrogen and oxygen atoms in total. The molecule has 0 aromatic carbocycles. The Morgan fingerprint density at radius 1 is 1.44 bits per heavy atom. The summed E-state index contributed by atoms with van der Waals surface area (Å²) in [6, 6.07) is 0. The number of amides is 1. The highest BCUT2D eigenvalue weighted by Crippen LogP contribution is 2.09. The fourth-order valence-corrected chi connectivity index (χ4v) is 1.59. The van der Waals surface area contributed by atoms with Crippen LogP contribution >= 0.6 is 11.8 Å². The molecule has 0 heterocycles. The average Bonchev–Trinajstić information content (AvgIpc) is 2.20. The summed E-state index contributed by atoms with van der Waals surface area (Å²) in [5, 5.41) is 10.8. The van der Waals surface area contributed by atoms with Crippen LogP contribution < -0.4 is 5.32 Å². The first kappa shape index (κ1) is 15.2. The molecule has 6 heteroatoms. The van der Waals surface area contributed by atoms with Crippen molar-refractivity contribution in [3.05, 3.63) is 0 Å². The zero-order valence-electron chi connectivity index (χ0n) is 10.0. The standard InChI is InChI=1S/C10H20N2O3S/c1-8(10(14)15)16-7-9(13)11-5-4-6-12(2)3/h8H,4-7H2,1-3H3,(H,11,13)(H,14,15)/t8-/m1/s1. The van der Waals surface area contributed by atoms with E-state index in [1.54, 1.807) is 6.92 Å². The molecule has 0 fully saturated rings. The number of hydrogen-bond acceptors (Lipinski definition) is 4. The van der Waals surface area contributed by atoms with E-state index in [0.717, 1.165) is 24.7 Å². The topological polar surface area (TPSA) is 69.6 Å². The van der Waals surface area contributed by atoms with Crippen LogP contribution in [0.1, 0.15) is 13.3 Å². The van der Waals surface area contributed by atoms with Gasteiger partial charge in [0.15, 0.2) is 0 Å². The fourth-order valence-electron chi connectivity index (χ4n) is 0.946. The Labute approximate surface area is 101 Å². The lowest BCUT2D eigenvalue weighted by Crippen LogP contribution is -2.29. The van der Waals surface area contributed by atoms with Crippen LogP contribution in [0.3, 0.4) is 0 Å². The molecule has 16 heavy (non-hydrogen) atoms. The van der Waals surface area contributed by atoms with Crippen LogP contribution in [0.5, 0.6) is 0 Å². The number of carboxylic acids is 1. The van der Waals surface area contributed by atoms with Crippen molar-refractivity contribution < 1.29 is 14.7 Å². The number of rotatable bonds is 8. The molecule has 0 unspecified atom stereocenters. The highest BCUT2D eigenvalue weighted by molar-refractivity contribution is 8.01. The van der Waals surface area contributed by atoms with Crippen molar-refractivity contribution in [2.45, 2.75) is 18.6 Å². The lowest BCUT2D eigenvalue weighted by Gasteiger charge is -2.10. The number of aliphatic carboxylic acids is 1. The van der Waals surface area contributed by atoms with Gasteiger partial charge in [-0.05, 0) is 34.0 Å². The van der Waals surface area contributed by atoms with Gasteiger partial charge in [-0.25, -0.2) is 0 Å². The zero-order chi connectivity index (χ0) is 12.6. The molecule has 0 saturated heterocycles. The SMILES string of the molecule is C[C@@H](SCC(=O)NCCCN(C)C)C(=O)O. The van der Waals surface area contributed by atoms with Gasteiger partial charge in [-0.3, -0.25) is 9.59 Å². The van der Waals surface area contributed by atoms with Gasteiger partial charge in [0.2, 0.25) is 5.91 Å². The molecule has 0 aliphatic heterocycles. The maximum atomic E-state index is 11.3. The summed E-state index contributed by atoms with van der Waals surface area (Å²) in [4.78, 5) is 23.8. The quantitative estimate of drug-likeness (QED) is 0.603. The summed E-state index contributed by atoms with van der Waals surface area (Å²) in [6.07, 6.45) is 0.901. The van der Waals surface area contributed by atoms with Gasteiger partial charge in [-0.2, -0.15) is 0 Å². The third-order valence-corrected chi connectivity index (χ3v) is 3.05. The predicted molar refractivity (Wildman–Crippen MR) is 65.7 cm³/mol. The Kier molecular flexibility index (Phi) is 8.01. The smallest absolute Gasteiger partial charge is 0.316 e. The number of carbonyl (C=O) groups excluding carboxylic acids is 1. The highest BCUT2D eigenvalue weighted by atomic mass is 32.2. The first-order valence-corrected chi connectivity index (χ1v) is 6.24. The molecule has 0 aliphatic carbocycles. The summed E-state index contributed by atoms with van der Waals surface area (Å²) in [5.41, 5.74) is 0. The van der Waals surface area contributed by atoms with E-state index in [2.05, 4.69) is 5.32 Å². The normalized spacial score (nSPS) is 12.5. The van der Waals surface area contributed by atoms with Crippen molar-refractivity contribution in [2.75, 3.05) is 32.9 Å². The van der Waals surface area contributed by atoms with Gasteiger partial charge >= 0.3 is 5.97 Å². The van der Waals surface area contributed by atoms with Gasteiger partial charge in [0.05, 0.1) is 11.0 Å². The maximum Gasteiger partial charge on any atom is 0.316 e. The van der Waals surface area contributed by atoms with Crippen molar-refractivity contribution in [1.29, 1.82) is 0 Å². The molecule has 2 N–H and O–H groups in total. The van der Waals surface area contributed by atoms with Crippen molar-refractivity contribution in [3.63, 3.8) is 0 Å². The lowest BCUT2D eigenvalue weighted by molar-refractivity contribution is -0.136. The predicted octanol–water partition coefficient (Wildman–Crippen LogP) is 0.261. The zero-order valence-corrected chi connectivity index (χ0v) is 10.8. The highest BCUT2D eigenvalue weighted by Gasteiger charge is 2.12. The minimum Gasteiger partial charge on any atom is -0.480 e. The first-order valence-electron chi connectivity index (χ1n) is 5.19. The number of hydrogen-bond donors (Lipinski definition) is 2. The molecule has 0 bridgehead atoms. The summed E-state index contributed by atoms with van der Waals surface area (Å²) >= 11 is 1.13. The van der Waals surface area contributed by atoms with E-state index in [1.165, 1.54) is 0 Å². The van der Waals surface area contributed by atoms with Crippen LogP contribution in [0, 0.1) is 0 Å². The molecular formula is C10H20N2O3S. The van der Waals surface area contributed by atoms with Crippen LogP contribution in [0.4, 0.5) is 0 Å². The number of thioether (sulfide) groups is 1. The number of nitrogens with one attached hydrogen (secondary N) is 1. The second-order valence-corrected chi connectivity index (χ2v) is 5.13. The molecule has 0 aromatic heterocycles. The average molecular weight is 248 g/mol. The molecule has 0 spiro atoms. The van der Waals surface area contributed by atoms with Gasteiger partial charge in [0.25, 0.3) is 0 Å². The maximum absolute atomic E-state index is 11.3. The Morgan fingerprint density at radius 2 is 2.06 bits per heavy atom. The van der Waals surface area contributed by atoms with Crippen molar-refractivity contribution in [2.24, 2.45) is 0 Å². The Bertz CT molecular complexity index is 234. The van der Waals surface area contributed by atoms with E-state index < -0.39 is 11.2 Å². The van der Waals surface area contributed by atoms with Crippen molar-refractivity contribution in [3.8, 4) is 0 Å². The molecule has 0 aromatic rings. The molecule has 0 rings (SSSR count). The minimum atomic E-state index is -0.884. The molecule has 94 valence electrons. The fraction of sp³-hybridized carbons (Fsp3) is 0.800. The van der Waals surface area contributed by atoms with Gasteiger partial charge < -0.3 is 15.3 Å². The molecule has 0 saturated carbocycles. The number of carbonyl (C=O) groups is 2. The van der Waals surface area contributed by atoms with Gasteiger partial charge in [0.1, 0.15) is 0 Å². The molecule has 0 aliphatic rings. The minimum absolute atomic E-state index is 0.100. The molecular weight excluding hydrogens is 228 g/mol. The van der Waals surface area contributed by atoms with Crippen LogP contribution in [0.25, 0.3) is 0 Å². The molecule has 0 radical (unpaired) electrons. The molecule has 1 amide bonds. The first-order chi connectivity index (χ1) is 7.43. The third-order valence-electron chi connectivity index (χ3n) is 1.92. The molecule has 1 atom stereocenters. The van der Waals surface area contributed by atoms with Crippen LogP contribution in [-0.2, 0) is 9.59 Å². The summed E-state index contributed by atoms with van der Waals surface area (Å²) < 4.78 is 0.